The first-order valence-corrected chi connectivity index (χ1v) is 9.81. The number of fused-ring (bicyclic) bond motifs is 1. The van der Waals surface area contributed by atoms with Gasteiger partial charge in [-0.1, -0.05) is 12.1 Å². The number of hydrogen-bond acceptors (Lipinski definition) is 4. The fraction of sp³-hybridized carbons (Fsp3) is 0.412. The molecule has 122 valence electrons. The van der Waals surface area contributed by atoms with E-state index in [1.165, 1.54) is 10.5 Å². The van der Waals surface area contributed by atoms with Crippen molar-refractivity contribution in [3.63, 3.8) is 0 Å². The van der Waals surface area contributed by atoms with Crippen LogP contribution in [0.3, 0.4) is 0 Å². The zero-order valence-corrected chi connectivity index (χ0v) is 15.4. The van der Waals surface area contributed by atoms with Gasteiger partial charge in [-0.3, -0.25) is 4.79 Å². The summed E-state index contributed by atoms with van der Waals surface area (Å²) >= 11 is 3.39. The number of nitrogens with zero attached hydrogens (tertiary/aromatic N) is 2. The molecule has 0 aliphatic carbocycles. The Morgan fingerprint density at radius 1 is 1.30 bits per heavy atom. The Morgan fingerprint density at radius 3 is 2.61 bits per heavy atom. The predicted octanol–water partition coefficient (Wildman–Crippen LogP) is 4.13. The van der Waals surface area contributed by atoms with Crippen LogP contribution in [0.5, 0.6) is 0 Å². The van der Waals surface area contributed by atoms with Crippen molar-refractivity contribution in [3.8, 4) is 0 Å². The molecule has 0 saturated carbocycles. The van der Waals surface area contributed by atoms with Gasteiger partial charge in [0.25, 0.3) is 0 Å². The van der Waals surface area contributed by atoms with Crippen molar-refractivity contribution in [2.45, 2.75) is 36.5 Å². The molecule has 1 N–H and O–H groups in total. The fourth-order valence-electron chi connectivity index (χ4n) is 2.66. The highest BCUT2D eigenvalue weighted by atomic mass is 32.2. The number of anilines is 1. The molecule has 0 saturated heterocycles. The largest absolute Gasteiger partial charge is 0.310 e. The van der Waals surface area contributed by atoms with Crippen LogP contribution in [0.2, 0.25) is 0 Å². The zero-order valence-electron chi connectivity index (χ0n) is 13.8. The van der Waals surface area contributed by atoms with Crippen LogP contribution >= 0.6 is 23.5 Å². The maximum absolute atomic E-state index is 12.1. The number of benzene rings is 1. The standard InChI is InChI=1S/C17H21N3OS2/c1-17(2,3)20-16-13(9-18-20)15(23-10-14(21)19-16)11-5-7-12(22-4)8-6-11/h5-9,15H,10H2,1-4H3,(H,19,21)/t15-/m0/s1. The highest BCUT2D eigenvalue weighted by Crippen LogP contribution is 2.42. The molecule has 0 unspecified atom stereocenters. The van der Waals surface area contributed by atoms with E-state index in [1.807, 2.05) is 10.9 Å². The Kier molecular flexibility index (Phi) is 4.47. The van der Waals surface area contributed by atoms with Gasteiger partial charge in [-0.15, -0.1) is 23.5 Å². The molecule has 1 aromatic carbocycles. The van der Waals surface area contributed by atoms with E-state index < -0.39 is 0 Å². The van der Waals surface area contributed by atoms with Crippen molar-refractivity contribution in [2.24, 2.45) is 0 Å². The molecular weight excluding hydrogens is 326 g/mol. The van der Waals surface area contributed by atoms with Gasteiger partial charge >= 0.3 is 0 Å². The summed E-state index contributed by atoms with van der Waals surface area (Å²) in [5, 5.41) is 7.70. The van der Waals surface area contributed by atoms with Gasteiger partial charge in [-0.2, -0.15) is 5.10 Å². The van der Waals surface area contributed by atoms with Gasteiger partial charge in [0.15, 0.2) is 0 Å². The second-order valence-electron chi connectivity index (χ2n) is 6.54. The van der Waals surface area contributed by atoms with E-state index in [-0.39, 0.29) is 16.7 Å². The maximum Gasteiger partial charge on any atom is 0.235 e. The lowest BCUT2D eigenvalue weighted by Gasteiger charge is -2.23. The maximum atomic E-state index is 12.1. The molecule has 0 fully saturated rings. The second kappa shape index (κ2) is 6.24. The quantitative estimate of drug-likeness (QED) is 0.830. The van der Waals surface area contributed by atoms with Crippen LogP contribution in [0.15, 0.2) is 35.4 Å². The molecule has 1 amide bonds. The molecule has 23 heavy (non-hydrogen) atoms. The van der Waals surface area contributed by atoms with Gasteiger partial charge in [0.2, 0.25) is 5.91 Å². The van der Waals surface area contributed by atoms with Crippen LogP contribution in [-0.2, 0) is 10.3 Å². The molecule has 0 spiro atoms. The van der Waals surface area contributed by atoms with Gasteiger partial charge in [-0.05, 0) is 44.7 Å². The number of carbonyl (C=O) groups excluding carboxylic acids is 1. The molecule has 2 heterocycles. The van der Waals surface area contributed by atoms with Crippen LogP contribution < -0.4 is 5.32 Å². The van der Waals surface area contributed by atoms with Gasteiger partial charge in [0.1, 0.15) is 5.82 Å². The Morgan fingerprint density at radius 2 is 2.00 bits per heavy atom. The Labute approximate surface area is 145 Å². The molecule has 6 heteroatoms. The normalized spacial score (nSPS) is 18.3. The topological polar surface area (TPSA) is 46.9 Å². The third kappa shape index (κ3) is 3.28. The molecule has 3 rings (SSSR count). The second-order valence-corrected chi connectivity index (χ2v) is 8.52. The number of carbonyl (C=O) groups is 1. The smallest absolute Gasteiger partial charge is 0.235 e. The molecule has 1 atom stereocenters. The summed E-state index contributed by atoms with van der Waals surface area (Å²) in [6, 6.07) is 8.57. The molecule has 0 radical (unpaired) electrons. The predicted molar refractivity (Wildman–Crippen MR) is 98.4 cm³/mol. The lowest BCUT2D eigenvalue weighted by atomic mass is 10.1. The first kappa shape index (κ1) is 16.5. The van der Waals surface area contributed by atoms with E-state index in [4.69, 9.17) is 0 Å². The van der Waals surface area contributed by atoms with E-state index in [1.54, 1.807) is 23.5 Å². The summed E-state index contributed by atoms with van der Waals surface area (Å²) in [6.45, 7) is 6.27. The first-order chi connectivity index (χ1) is 10.9. The minimum absolute atomic E-state index is 0.0329. The number of thioether (sulfide) groups is 2. The first-order valence-electron chi connectivity index (χ1n) is 7.54. The number of rotatable bonds is 2. The summed E-state index contributed by atoms with van der Waals surface area (Å²) in [5.74, 6) is 1.31. The monoisotopic (exact) mass is 347 g/mol. The minimum atomic E-state index is -0.177. The summed E-state index contributed by atoms with van der Waals surface area (Å²) in [5.41, 5.74) is 2.11. The highest BCUT2D eigenvalue weighted by Gasteiger charge is 2.30. The molecule has 2 aromatic rings. The van der Waals surface area contributed by atoms with Crippen molar-refractivity contribution in [1.82, 2.24) is 9.78 Å². The summed E-state index contributed by atoms with van der Waals surface area (Å²) in [4.78, 5) is 13.4. The molecule has 1 aromatic heterocycles. The number of nitrogens with one attached hydrogen (secondary N) is 1. The van der Waals surface area contributed by atoms with Crippen LogP contribution in [-0.4, -0.2) is 27.7 Å². The molecule has 1 aliphatic heterocycles. The number of amides is 1. The third-order valence-electron chi connectivity index (χ3n) is 3.77. The van der Waals surface area contributed by atoms with Crippen molar-refractivity contribution in [1.29, 1.82) is 0 Å². The average Bonchev–Trinajstić information content (AvgIpc) is 2.85. The molecule has 4 nitrogen and oxygen atoms in total. The van der Waals surface area contributed by atoms with Crippen LogP contribution in [0.25, 0.3) is 0 Å². The lowest BCUT2D eigenvalue weighted by molar-refractivity contribution is -0.113. The van der Waals surface area contributed by atoms with Crippen LogP contribution in [0.1, 0.15) is 37.1 Å². The average molecular weight is 348 g/mol. The van der Waals surface area contributed by atoms with Gasteiger partial charge in [0.05, 0.1) is 22.7 Å². The lowest BCUT2D eigenvalue weighted by Crippen LogP contribution is -2.27. The number of hydrogen-bond donors (Lipinski definition) is 1. The Balaban J connectivity index is 2.06. The summed E-state index contributed by atoms with van der Waals surface area (Å²) in [7, 11) is 0. The van der Waals surface area contributed by atoms with Gasteiger partial charge < -0.3 is 5.32 Å². The summed E-state index contributed by atoms with van der Waals surface area (Å²) in [6.07, 6.45) is 3.97. The molecular formula is C17H21N3OS2. The Bertz CT molecular complexity index is 716. The van der Waals surface area contributed by atoms with Crippen LogP contribution in [0.4, 0.5) is 5.82 Å². The van der Waals surface area contributed by atoms with Crippen molar-refractivity contribution in [2.75, 3.05) is 17.3 Å². The third-order valence-corrected chi connectivity index (χ3v) is 5.80. The fourth-order valence-corrected chi connectivity index (χ4v) is 4.16. The number of aromatic nitrogens is 2. The highest BCUT2D eigenvalue weighted by molar-refractivity contribution is 8.00. The zero-order chi connectivity index (χ0) is 16.6. The van der Waals surface area contributed by atoms with E-state index in [0.717, 1.165) is 11.4 Å². The van der Waals surface area contributed by atoms with Crippen molar-refractivity contribution < 1.29 is 4.79 Å². The van der Waals surface area contributed by atoms with E-state index in [2.05, 4.69) is 61.7 Å². The van der Waals surface area contributed by atoms with Crippen molar-refractivity contribution in [3.05, 3.63) is 41.6 Å². The van der Waals surface area contributed by atoms with E-state index in [0.29, 0.717) is 5.75 Å². The van der Waals surface area contributed by atoms with Gasteiger partial charge in [0, 0.05) is 10.5 Å². The summed E-state index contributed by atoms with van der Waals surface area (Å²) < 4.78 is 1.91. The minimum Gasteiger partial charge on any atom is -0.310 e. The molecule has 1 aliphatic rings. The van der Waals surface area contributed by atoms with E-state index in [9.17, 15) is 4.79 Å². The van der Waals surface area contributed by atoms with Gasteiger partial charge in [-0.25, -0.2) is 4.68 Å². The molecule has 0 bridgehead atoms. The van der Waals surface area contributed by atoms with E-state index >= 15 is 0 Å². The Hall–Kier alpha value is -1.40. The van der Waals surface area contributed by atoms with Crippen LogP contribution in [0, 0.1) is 0 Å². The SMILES string of the molecule is CSc1ccc([C@@H]2SCC(=O)Nc3c2cnn3C(C)(C)C)cc1. The van der Waals surface area contributed by atoms with Crippen molar-refractivity contribution >= 4 is 35.2 Å².